The zero-order valence-corrected chi connectivity index (χ0v) is 12.0. The molecule has 0 aromatic heterocycles. The molecule has 0 spiro atoms. The van der Waals surface area contributed by atoms with E-state index in [4.69, 9.17) is 0 Å². The van der Waals surface area contributed by atoms with Crippen LogP contribution in [-0.2, 0) is 11.8 Å². The van der Waals surface area contributed by atoms with E-state index in [9.17, 15) is 0 Å². The molecule has 0 saturated heterocycles. The van der Waals surface area contributed by atoms with Gasteiger partial charge in [-0.1, -0.05) is 52.0 Å². The van der Waals surface area contributed by atoms with Crippen molar-refractivity contribution in [3.8, 4) is 0 Å². The van der Waals surface area contributed by atoms with Crippen LogP contribution in [0.2, 0.25) is 0 Å². The molecule has 0 fully saturated rings. The Morgan fingerprint density at radius 3 is 2.18 bits per heavy atom. The van der Waals surface area contributed by atoms with Crippen LogP contribution in [0.4, 0.5) is 0 Å². The summed E-state index contributed by atoms with van der Waals surface area (Å²) in [7, 11) is 2.02. The standard InChI is InChI=1S/C16H27N/c1-13(2)12-14-6-8-15(9-7-14)16(3,4)10-11-17-5/h6-9,13,17H,10-12H2,1-5H3. The maximum absolute atomic E-state index is 3.23. The maximum Gasteiger partial charge on any atom is -0.00436 e. The Kier molecular flexibility index (Phi) is 5.20. The van der Waals surface area contributed by atoms with E-state index in [1.807, 2.05) is 7.05 Å². The summed E-state index contributed by atoms with van der Waals surface area (Å²) in [5.41, 5.74) is 3.16. The second-order valence-corrected chi connectivity index (χ2v) is 6.03. The summed E-state index contributed by atoms with van der Waals surface area (Å²) < 4.78 is 0. The molecule has 1 aromatic carbocycles. The molecular weight excluding hydrogens is 206 g/mol. The maximum atomic E-state index is 3.23. The molecule has 0 unspecified atom stereocenters. The van der Waals surface area contributed by atoms with Crippen molar-refractivity contribution in [2.45, 2.75) is 46.0 Å². The number of nitrogens with one attached hydrogen (secondary N) is 1. The summed E-state index contributed by atoms with van der Waals surface area (Å²) in [5.74, 6) is 0.734. The van der Waals surface area contributed by atoms with Crippen LogP contribution >= 0.6 is 0 Å². The second kappa shape index (κ2) is 6.20. The largest absolute Gasteiger partial charge is 0.320 e. The SMILES string of the molecule is CNCCC(C)(C)c1ccc(CC(C)C)cc1. The summed E-state index contributed by atoms with van der Waals surface area (Å²) in [6.45, 7) is 10.2. The molecule has 0 saturated carbocycles. The highest BCUT2D eigenvalue weighted by atomic mass is 14.8. The van der Waals surface area contributed by atoms with Gasteiger partial charge in [0.05, 0.1) is 0 Å². The van der Waals surface area contributed by atoms with E-state index in [0.717, 1.165) is 12.5 Å². The van der Waals surface area contributed by atoms with E-state index >= 15 is 0 Å². The van der Waals surface area contributed by atoms with Gasteiger partial charge in [0.2, 0.25) is 0 Å². The van der Waals surface area contributed by atoms with Crippen LogP contribution < -0.4 is 5.32 Å². The van der Waals surface area contributed by atoms with Crippen LogP contribution in [0.3, 0.4) is 0 Å². The Morgan fingerprint density at radius 2 is 1.71 bits per heavy atom. The van der Waals surface area contributed by atoms with Crippen LogP contribution in [0, 0.1) is 5.92 Å². The minimum Gasteiger partial charge on any atom is -0.320 e. The Hall–Kier alpha value is -0.820. The third-order valence-corrected chi connectivity index (χ3v) is 3.38. The minimum atomic E-state index is 0.263. The third kappa shape index (κ3) is 4.51. The molecule has 0 aliphatic heterocycles. The van der Waals surface area contributed by atoms with Gasteiger partial charge in [-0.3, -0.25) is 0 Å². The number of rotatable bonds is 6. The Morgan fingerprint density at radius 1 is 1.12 bits per heavy atom. The third-order valence-electron chi connectivity index (χ3n) is 3.38. The van der Waals surface area contributed by atoms with Gasteiger partial charge in [0, 0.05) is 0 Å². The van der Waals surface area contributed by atoms with Crippen molar-refractivity contribution in [3.05, 3.63) is 35.4 Å². The lowest BCUT2D eigenvalue weighted by Gasteiger charge is -2.25. The van der Waals surface area contributed by atoms with E-state index in [1.165, 1.54) is 24.0 Å². The normalized spacial score (nSPS) is 12.1. The van der Waals surface area contributed by atoms with Crippen LogP contribution in [0.5, 0.6) is 0 Å². The van der Waals surface area contributed by atoms with Gasteiger partial charge < -0.3 is 5.32 Å². The van der Waals surface area contributed by atoms with Crippen molar-refractivity contribution in [3.63, 3.8) is 0 Å². The van der Waals surface area contributed by atoms with E-state index in [2.05, 4.69) is 57.3 Å². The van der Waals surface area contributed by atoms with Gasteiger partial charge in [-0.2, -0.15) is 0 Å². The zero-order chi connectivity index (χ0) is 12.9. The van der Waals surface area contributed by atoms with Crippen LogP contribution in [0.15, 0.2) is 24.3 Å². The van der Waals surface area contributed by atoms with Gasteiger partial charge in [0.25, 0.3) is 0 Å². The van der Waals surface area contributed by atoms with Crippen molar-refractivity contribution >= 4 is 0 Å². The molecule has 1 nitrogen and oxygen atoms in total. The van der Waals surface area contributed by atoms with E-state index < -0.39 is 0 Å². The zero-order valence-electron chi connectivity index (χ0n) is 12.0. The molecule has 0 radical (unpaired) electrons. The van der Waals surface area contributed by atoms with Crippen LogP contribution in [-0.4, -0.2) is 13.6 Å². The Balaban J connectivity index is 2.72. The minimum absolute atomic E-state index is 0.263. The van der Waals surface area contributed by atoms with Crippen molar-refractivity contribution in [1.82, 2.24) is 5.32 Å². The van der Waals surface area contributed by atoms with E-state index in [-0.39, 0.29) is 5.41 Å². The summed E-state index contributed by atoms with van der Waals surface area (Å²) in [6, 6.07) is 9.17. The second-order valence-electron chi connectivity index (χ2n) is 6.03. The van der Waals surface area contributed by atoms with Gasteiger partial charge >= 0.3 is 0 Å². The highest BCUT2D eigenvalue weighted by Gasteiger charge is 2.19. The highest BCUT2D eigenvalue weighted by molar-refractivity contribution is 5.28. The molecule has 1 N–H and O–H groups in total. The van der Waals surface area contributed by atoms with Crippen molar-refractivity contribution < 1.29 is 0 Å². The molecule has 96 valence electrons. The molecule has 0 aliphatic carbocycles. The first-order chi connectivity index (χ1) is 7.95. The fourth-order valence-electron chi connectivity index (χ4n) is 2.15. The fourth-order valence-corrected chi connectivity index (χ4v) is 2.15. The van der Waals surface area contributed by atoms with E-state index in [1.54, 1.807) is 0 Å². The fraction of sp³-hybridized carbons (Fsp3) is 0.625. The molecule has 0 atom stereocenters. The average molecular weight is 233 g/mol. The molecule has 1 aromatic rings. The van der Waals surface area contributed by atoms with Gasteiger partial charge in [-0.15, -0.1) is 0 Å². The first-order valence-corrected chi connectivity index (χ1v) is 6.69. The predicted octanol–water partition coefficient (Wildman–Crippen LogP) is 3.77. The lowest BCUT2D eigenvalue weighted by molar-refractivity contribution is 0.468. The van der Waals surface area contributed by atoms with Crippen molar-refractivity contribution in [1.29, 1.82) is 0 Å². The Labute approximate surface area is 107 Å². The molecule has 1 heteroatoms. The van der Waals surface area contributed by atoms with Gasteiger partial charge in [-0.05, 0) is 48.9 Å². The van der Waals surface area contributed by atoms with Crippen molar-refractivity contribution in [2.75, 3.05) is 13.6 Å². The first-order valence-electron chi connectivity index (χ1n) is 6.69. The molecule has 1 rings (SSSR count). The molecule has 0 heterocycles. The lowest BCUT2D eigenvalue weighted by atomic mass is 9.81. The molecule has 0 amide bonds. The van der Waals surface area contributed by atoms with Gasteiger partial charge in [0.1, 0.15) is 0 Å². The molecule has 0 bridgehead atoms. The highest BCUT2D eigenvalue weighted by Crippen LogP contribution is 2.27. The molecular formula is C16H27N. The lowest BCUT2D eigenvalue weighted by Crippen LogP contribution is -2.23. The molecule has 17 heavy (non-hydrogen) atoms. The summed E-state index contributed by atoms with van der Waals surface area (Å²) in [5, 5.41) is 3.23. The van der Waals surface area contributed by atoms with E-state index in [0.29, 0.717) is 0 Å². The quantitative estimate of drug-likeness (QED) is 0.788. The van der Waals surface area contributed by atoms with Gasteiger partial charge in [0.15, 0.2) is 0 Å². The molecule has 0 aliphatic rings. The van der Waals surface area contributed by atoms with Crippen LogP contribution in [0.25, 0.3) is 0 Å². The van der Waals surface area contributed by atoms with Crippen LogP contribution in [0.1, 0.15) is 45.2 Å². The first kappa shape index (κ1) is 14.2. The monoisotopic (exact) mass is 233 g/mol. The summed E-state index contributed by atoms with van der Waals surface area (Å²) >= 11 is 0. The summed E-state index contributed by atoms with van der Waals surface area (Å²) in [4.78, 5) is 0. The Bertz CT molecular complexity index is 322. The topological polar surface area (TPSA) is 12.0 Å². The smallest absolute Gasteiger partial charge is 0.00436 e. The number of benzene rings is 1. The predicted molar refractivity (Wildman–Crippen MR) is 76.6 cm³/mol. The average Bonchev–Trinajstić information content (AvgIpc) is 2.26. The number of hydrogen-bond donors (Lipinski definition) is 1. The van der Waals surface area contributed by atoms with Gasteiger partial charge in [-0.25, -0.2) is 0 Å². The number of hydrogen-bond acceptors (Lipinski definition) is 1. The van der Waals surface area contributed by atoms with Crippen molar-refractivity contribution in [2.24, 2.45) is 5.92 Å². The summed E-state index contributed by atoms with van der Waals surface area (Å²) in [6.07, 6.45) is 2.35.